The van der Waals surface area contributed by atoms with Gasteiger partial charge in [-0.2, -0.15) is 0 Å². The number of rotatable bonds is 8. The van der Waals surface area contributed by atoms with Crippen molar-refractivity contribution >= 4 is 5.91 Å². The molecule has 0 aromatic rings. The summed E-state index contributed by atoms with van der Waals surface area (Å²) in [5, 5.41) is 15.1. The van der Waals surface area contributed by atoms with Gasteiger partial charge in [0.1, 0.15) is 0 Å². The van der Waals surface area contributed by atoms with Crippen molar-refractivity contribution in [2.75, 3.05) is 13.2 Å². The lowest BCUT2D eigenvalue weighted by Crippen LogP contribution is -2.52. The van der Waals surface area contributed by atoms with E-state index in [0.29, 0.717) is 12.3 Å². The Bertz CT molecular complexity index is 227. The standard InChI is InChI=1S/C13H28N2O2/c1-10(2)6-8-14-12(17)11(3)15-13(4,5)7-9-16/h10-11,15-16H,6-9H2,1-5H3,(H,14,17). The molecule has 0 heterocycles. The smallest absolute Gasteiger partial charge is 0.236 e. The summed E-state index contributed by atoms with van der Waals surface area (Å²) in [5.41, 5.74) is -0.219. The first-order valence-corrected chi connectivity index (χ1v) is 6.45. The number of hydrogen-bond donors (Lipinski definition) is 3. The van der Waals surface area contributed by atoms with Crippen LogP contribution >= 0.6 is 0 Å². The summed E-state index contributed by atoms with van der Waals surface area (Å²) in [6.45, 7) is 11.0. The van der Waals surface area contributed by atoms with Gasteiger partial charge in [-0.3, -0.25) is 4.79 Å². The topological polar surface area (TPSA) is 61.4 Å². The largest absolute Gasteiger partial charge is 0.396 e. The predicted molar refractivity (Wildman–Crippen MR) is 70.8 cm³/mol. The molecule has 1 amide bonds. The van der Waals surface area contributed by atoms with Gasteiger partial charge in [-0.05, 0) is 39.5 Å². The zero-order chi connectivity index (χ0) is 13.5. The van der Waals surface area contributed by atoms with E-state index in [1.54, 1.807) is 0 Å². The van der Waals surface area contributed by atoms with Gasteiger partial charge in [-0.25, -0.2) is 0 Å². The predicted octanol–water partition coefficient (Wildman–Crippen LogP) is 1.29. The Morgan fingerprint density at radius 1 is 1.29 bits per heavy atom. The molecule has 0 bridgehead atoms. The summed E-state index contributed by atoms with van der Waals surface area (Å²) in [5.74, 6) is 0.626. The van der Waals surface area contributed by atoms with Crippen molar-refractivity contribution in [1.82, 2.24) is 10.6 Å². The molecule has 0 aliphatic rings. The highest BCUT2D eigenvalue weighted by Crippen LogP contribution is 2.08. The summed E-state index contributed by atoms with van der Waals surface area (Å²) >= 11 is 0. The van der Waals surface area contributed by atoms with Crippen molar-refractivity contribution in [2.45, 2.75) is 59.0 Å². The second kappa shape index (κ2) is 7.67. The molecule has 1 atom stereocenters. The molecular formula is C13H28N2O2. The van der Waals surface area contributed by atoms with Gasteiger partial charge in [0.2, 0.25) is 5.91 Å². The maximum absolute atomic E-state index is 11.8. The molecule has 0 aromatic heterocycles. The Hall–Kier alpha value is -0.610. The van der Waals surface area contributed by atoms with Crippen LogP contribution in [0.15, 0.2) is 0 Å². The summed E-state index contributed by atoms with van der Waals surface area (Å²) in [7, 11) is 0. The summed E-state index contributed by atoms with van der Waals surface area (Å²) < 4.78 is 0. The van der Waals surface area contributed by atoms with Gasteiger partial charge in [-0.1, -0.05) is 13.8 Å². The summed E-state index contributed by atoms with van der Waals surface area (Å²) in [6, 6.07) is -0.233. The van der Waals surface area contributed by atoms with E-state index < -0.39 is 0 Å². The first-order chi connectivity index (χ1) is 7.78. The number of nitrogens with one attached hydrogen (secondary N) is 2. The van der Waals surface area contributed by atoms with Crippen LogP contribution in [0, 0.1) is 5.92 Å². The monoisotopic (exact) mass is 244 g/mol. The Kier molecular flexibility index (Phi) is 7.39. The van der Waals surface area contributed by atoms with Crippen molar-refractivity contribution in [3.05, 3.63) is 0 Å². The van der Waals surface area contributed by atoms with Gasteiger partial charge in [0.25, 0.3) is 0 Å². The first kappa shape index (κ1) is 16.4. The number of aliphatic hydroxyl groups excluding tert-OH is 1. The molecule has 0 saturated heterocycles. The van der Waals surface area contributed by atoms with Gasteiger partial charge >= 0.3 is 0 Å². The molecule has 4 heteroatoms. The van der Waals surface area contributed by atoms with E-state index in [0.717, 1.165) is 13.0 Å². The van der Waals surface area contributed by atoms with Crippen molar-refractivity contribution in [1.29, 1.82) is 0 Å². The van der Waals surface area contributed by atoms with Crippen molar-refractivity contribution in [2.24, 2.45) is 5.92 Å². The van der Waals surface area contributed by atoms with Crippen molar-refractivity contribution in [3.63, 3.8) is 0 Å². The van der Waals surface area contributed by atoms with E-state index in [1.807, 2.05) is 20.8 Å². The lowest BCUT2D eigenvalue weighted by molar-refractivity contribution is -0.123. The fourth-order valence-electron chi connectivity index (χ4n) is 1.64. The maximum Gasteiger partial charge on any atom is 0.236 e. The van der Waals surface area contributed by atoms with Gasteiger partial charge < -0.3 is 15.7 Å². The molecular weight excluding hydrogens is 216 g/mol. The van der Waals surface area contributed by atoms with E-state index in [4.69, 9.17) is 5.11 Å². The third-order valence-corrected chi connectivity index (χ3v) is 2.76. The number of carbonyl (C=O) groups excluding carboxylic acids is 1. The highest BCUT2D eigenvalue weighted by molar-refractivity contribution is 5.81. The first-order valence-electron chi connectivity index (χ1n) is 6.45. The van der Waals surface area contributed by atoms with Crippen LogP contribution < -0.4 is 10.6 Å². The van der Waals surface area contributed by atoms with Crippen LogP contribution in [0.2, 0.25) is 0 Å². The minimum Gasteiger partial charge on any atom is -0.396 e. The van der Waals surface area contributed by atoms with E-state index in [-0.39, 0.29) is 24.1 Å². The average Bonchev–Trinajstić information content (AvgIpc) is 2.15. The Balaban J connectivity index is 3.96. The molecule has 3 N–H and O–H groups in total. The zero-order valence-electron chi connectivity index (χ0n) is 11.8. The zero-order valence-corrected chi connectivity index (χ0v) is 11.8. The molecule has 4 nitrogen and oxygen atoms in total. The molecule has 0 aliphatic heterocycles. The normalized spacial score (nSPS) is 13.8. The molecule has 1 unspecified atom stereocenters. The molecule has 0 aliphatic carbocycles. The lowest BCUT2D eigenvalue weighted by Gasteiger charge is -2.29. The third-order valence-electron chi connectivity index (χ3n) is 2.76. The third kappa shape index (κ3) is 8.16. The molecule has 0 radical (unpaired) electrons. The fourth-order valence-corrected chi connectivity index (χ4v) is 1.64. The highest BCUT2D eigenvalue weighted by atomic mass is 16.3. The van der Waals surface area contributed by atoms with E-state index in [2.05, 4.69) is 24.5 Å². The van der Waals surface area contributed by atoms with Gasteiger partial charge in [0, 0.05) is 18.7 Å². The quantitative estimate of drug-likeness (QED) is 0.603. The maximum atomic E-state index is 11.8. The van der Waals surface area contributed by atoms with Crippen molar-refractivity contribution in [3.8, 4) is 0 Å². The van der Waals surface area contributed by atoms with E-state index >= 15 is 0 Å². The summed E-state index contributed by atoms with van der Waals surface area (Å²) in [6.07, 6.45) is 1.63. The van der Waals surface area contributed by atoms with Crippen LogP contribution in [0.4, 0.5) is 0 Å². The molecule has 0 rings (SSSR count). The lowest BCUT2D eigenvalue weighted by atomic mass is 10.00. The minimum atomic E-state index is -0.233. The molecule has 102 valence electrons. The summed E-state index contributed by atoms with van der Waals surface area (Å²) in [4.78, 5) is 11.8. The van der Waals surface area contributed by atoms with Crippen LogP contribution in [0.5, 0.6) is 0 Å². The Morgan fingerprint density at radius 2 is 1.88 bits per heavy atom. The molecule has 0 saturated carbocycles. The Morgan fingerprint density at radius 3 is 2.35 bits per heavy atom. The van der Waals surface area contributed by atoms with E-state index in [1.165, 1.54) is 0 Å². The Labute approximate surface area is 105 Å². The second-order valence-electron chi connectivity index (χ2n) is 5.70. The number of amides is 1. The average molecular weight is 244 g/mol. The number of aliphatic hydroxyl groups is 1. The van der Waals surface area contributed by atoms with Gasteiger partial charge in [0.15, 0.2) is 0 Å². The fraction of sp³-hybridized carbons (Fsp3) is 0.923. The second-order valence-corrected chi connectivity index (χ2v) is 5.70. The molecule has 0 spiro atoms. The van der Waals surface area contributed by atoms with Crippen LogP contribution in [0.1, 0.15) is 47.5 Å². The van der Waals surface area contributed by atoms with Gasteiger partial charge in [0.05, 0.1) is 6.04 Å². The number of hydrogen-bond acceptors (Lipinski definition) is 3. The number of carbonyl (C=O) groups is 1. The van der Waals surface area contributed by atoms with Crippen LogP contribution in [0.3, 0.4) is 0 Å². The van der Waals surface area contributed by atoms with Crippen molar-refractivity contribution < 1.29 is 9.90 Å². The SMILES string of the molecule is CC(C)CCNC(=O)C(C)NC(C)(C)CCO. The minimum absolute atomic E-state index is 0.0247. The highest BCUT2D eigenvalue weighted by Gasteiger charge is 2.22. The van der Waals surface area contributed by atoms with Crippen LogP contribution in [-0.2, 0) is 4.79 Å². The molecule has 0 fully saturated rings. The molecule has 17 heavy (non-hydrogen) atoms. The van der Waals surface area contributed by atoms with E-state index in [9.17, 15) is 4.79 Å². The van der Waals surface area contributed by atoms with Crippen LogP contribution in [-0.4, -0.2) is 35.7 Å². The van der Waals surface area contributed by atoms with Gasteiger partial charge in [-0.15, -0.1) is 0 Å². The molecule has 0 aromatic carbocycles. The van der Waals surface area contributed by atoms with Crippen LogP contribution in [0.25, 0.3) is 0 Å².